The van der Waals surface area contributed by atoms with Crippen molar-refractivity contribution in [3.05, 3.63) is 0 Å². The van der Waals surface area contributed by atoms with Gasteiger partial charge >= 0.3 is 0 Å². The molecule has 114 valence electrons. The van der Waals surface area contributed by atoms with E-state index in [2.05, 4.69) is 31.0 Å². The molecule has 3 heteroatoms. The molecule has 2 atom stereocenters. The van der Waals surface area contributed by atoms with Gasteiger partial charge in [0.15, 0.2) is 0 Å². The maximum absolute atomic E-state index is 9.55. The van der Waals surface area contributed by atoms with Gasteiger partial charge in [0.2, 0.25) is 0 Å². The molecule has 1 aliphatic rings. The number of likely N-dealkylation sites (tertiary alicyclic amines) is 1. The van der Waals surface area contributed by atoms with Crippen molar-refractivity contribution in [2.45, 2.75) is 64.8 Å². The zero-order valence-corrected chi connectivity index (χ0v) is 13.2. The second kappa shape index (κ2) is 8.93. The third-order valence-corrected chi connectivity index (χ3v) is 4.46. The highest BCUT2D eigenvalue weighted by Gasteiger charge is 2.22. The van der Waals surface area contributed by atoms with Crippen LogP contribution in [-0.2, 0) is 0 Å². The average molecular weight is 270 g/mol. The van der Waals surface area contributed by atoms with Crippen LogP contribution in [-0.4, -0.2) is 48.3 Å². The first-order valence-corrected chi connectivity index (χ1v) is 8.18. The molecule has 2 N–H and O–H groups in total. The lowest BCUT2D eigenvalue weighted by molar-refractivity contribution is 0.156. The maximum Gasteiger partial charge on any atom is 0.0610 e. The van der Waals surface area contributed by atoms with Gasteiger partial charge in [-0.1, -0.05) is 13.8 Å². The summed E-state index contributed by atoms with van der Waals surface area (Å²) in [6.45, 7) is 11.7. The molecule has 1 saturated heterocycles. The fourth-order valence-corrected chi connectivity index (χ4v) is 2.89. The van der Waals surface area contributed by atoms with Crippen LogP contribution in [0.1, 0.15) is 59.3 Å². The lowest BCUT2D eigenvalue weighted by atomic mass is 9.96. The van der Waals surface area contributed by atoms with Crippen molar-refractivity contribution in [3.8, 4) is 0 Å². The molecule has 0 aromatic heterocycles. The molecule has 1 fully saturated rings. The summed E-state index contributed by atoms with van der Waals surface area (Å²) in [6.07, 6.45) is 7.47. The van der Waals surface area contributed by atoms with Crippen molar-refractivity contribution in [3.63, 3.8) is 0 Å². The molecular formula is C16H34N2O. The third-order valence-electron chi connectivity index (χ3n) is 4.46. The molecule has 1 heterocycles. The normalized spacial score (nSPS) is 24.9. The fourth-order valence-electron chi connectivity index (χ4n) is 2.89. The largest absolute Gasteiger partial charge is 0.394 e. The lowest BCUT2D eigenvalue weighted by Crippen LogP contribution is -2.46. The number of nitrogens with zero attached hydrogens (tertiary/aromatic N) is 1. The van der Waals surface area contributed by atoms with Gasteiger partial charge in [-0.05, 0) is 77.5 Å². The Labute approximate surface area is 119 Å². The molecule has 0 amide bonds. The molecule has 19 heavy (non-hydrogen) atoms. The Kier molecular flexibility index (Phi) is 7.96. The summed E-state index contributed by atoms with van der Waals surface area (Å²) >= 11 is 0. The fraction of sp³-hybridized carbons (Fsp3) is 1.00. The number of rotatable bonds is 8. The van der Waals surface area contributed by atoms with E-state index in [0.717, 1.165) is 25.3 Å². The number of aliphatic hydroxyl groups excluding tert-OH is 1. The highest BCUT2D eigenvalue weighted by atomic mass is 16.3. The van der Waals surface area contributed by atoms with Crippen LogP contribution in [0.4, 0.5) is 0 Å². The predicted molar refractivity (Wildman–Crippen MR) is 82.5 cm³/mol. The van der Waals surface area contributed by atoms with E-state index in [0.29, 0.717) is 0 Å². The second-order valence-electron chi connectivity index (χ2n) is 6.63. The van der Waals surface area contributed by atoms with Gasteiger partial charge in [-0.15, -0.1) is 0 Å². The third kappa shape index (κ3) is 6.73. The Morgan fingerprint density at radius 2 is 2.11 bits per heavy atom. The van der Waals surface area contributed by atoms with Crippen LogP contribution < -0.4 is 5.32 Å². The SMILES string of the molecule is CCCNC(C)(CO)CCCN1CCCC(C)CC1. The van der Waals surface area contributed by atoms with Crippen LogP contribution in [0.15, 0.2) is 0 Å². The number of hydrogen-bond donors (Lipinski definition) is 2. The van der Waals surface area contributed by atoms with Gasteiger partial charge in [0.1, 0.15) is 0 Å². The maximum atomic E-state index is 9.55. The monoisotopic (exact) mass is 270 g/mol. The number of aliphatic hydroxyl groups is 1. The quantitative estimate of drug-likeness (QED) is 0.712. The molecule has 3 nitrogen and oxygen atoms in total. The topological polar surface area (TPSA) is 35.5 Å². The van der Waals surface area contributed by atoms with Crippen LogP contribution >= 0.6 is 0 Å². The van der Waals surface area contributed by atoms with E-state index < -0.39 is 0 Å². The zero-order chi connectivity index (χ0) is 14.1. The highest BCUT2D eigenvalue weighted by molar-refractivity contribution is 4.82. The molecule has 0 aromatic carbocycles. The molecular weight excluding hydrogens is 236 g/mol. The lowest BCUT2D eigenvalue weighted by Gasteiger charge is -2.30. The molecule has 1 aliphatic heterocycles. The number of hydrogen-bond acceptors (Lipinski definition) is 3. The van der Waals surface area contributed by atoms with E-state index in [9.17, 15) is 5.11 Å². The summed E-state index contributed by atoms with van der Waals surface area (Å²) in [4.78, 5) is 2.61. The second-order valence-corrected chi connectivity index (χ2v) is 6.63. The predicted octanol–water partition coefficient (Wildman–Crippen LogP) is 2.64. The summed E-state index contributed by atoms with van der Waals surface area (Å²) < 4.78 is 0. The smallest absolute Gasteiger partial charge is 0.0610 e. The molecule has 0 aliphatic carbocycles. The zero-order valence-electron chi connectivity index (χ0n) is 13.2. The summed E-state index contributed by atoms with van der Waals surface area (Å²) in [6, 6.07) is 0. The van der Waals surface area contributed by atoms with Gasteiger partial charge in [-0.3, -0.25) is 0 Å². The summed E-state index contributed by atoms with van der Waals surface area (Å²) in [5, 5.41) is 13.0. The molecule has 0 aromatic rings. The summed E-state index contributed by atoms with van der Waals surface area (Å²) in [7, 11) is 0. The van der Waals surface area contributed by atoms with E-state index in [1.807, 2.05) is 0 Å². The average Bonchev–Trinajstić information content (AvgIpc) is 2.61. The minimum Gasteiger partial charge on any atom is -0.394 e. The van der Waals surface area contributed by atoms with Crippen molar-refractivity contribution in [2.75, 3.05) is 32.8 Å². The molecule has 0 saturated carbocycles. The van der Waals surface area contributed by atoms with E-state index in [1.165, 1.54) is 45.3 Å². The van der Waals surface area contributed by atoms with Crippen LogP contribution in [0.5, 0.6) is 0 Å². The molecule has 0 radical (unpaired) electrons. The van der Waals surface area contributed by atoms with Gasteiger partial charge < -0.3 is 15.3 Å². The molecule has 2 unspecified atom stereocenters. The van der Waals surface area contributed by atoms with Crippen molar-refractivity contribution in [1.29, 1.82) is 0 Å². The van der Waals surface area contributed by atoms with Gasteiger partial charge in [0.25, 0.3) is 0 Å². The van der Waals surface area contributed by atoms with Crippen molar-refractivity contribution in [1.82, 2.24) is 10.2 Å². The summed E-state index contributed by atoms with van der Waals surface area (Å²) in [5.74, 6) is 0.902. The minimum atomic E-state index is -0.0881. The first-order valence-electron chi connectivity index (χ1n) is 8.18. The Morgan fingerprint density at radius 3 is 2.79 bits per heavy atom. The summed E-state index contributed by atoms with van der Waals surface area (Å²) in [5.41, 5.74) is -0.0881. The Morgan fingerprint density at radius 1 is 1.32 bits per heavy atom. The van der Waals surface area contributed by atoms with Crippen molar-refractivity contribution >= 4 is 0 Å². The highest BCUT2D eigenvalue weighted by Crippen LogP contribution is 2.18. The minimum absolute atomic E-state index is 0.0881. The Balaban J connectivity index is 2.23. The van der Waals surface area contributed by atoms with E-state index >= 15 is 0 Å². The molecule has 1 rings (SSSR count). The molecule has 0 spiro atoms. The Hall–Kier alpha value is -0.120. The van der Waals surface area contributed by atoms with Gasteiger partial charge in [-0.25, -0.2) is 0 Å². The van der Waals surface area contributed by atoms with Crippen LogP contribution in [0.2, 0.25) is 0 Å². The number of nitrogens with one attached hydrogen (secondary N) is 1. The van der Waals surface area contributed by atoms with E-state index in [1.54, 1.807) is 0 Å². The van der Waals surface area contributed by atoms with Crippen molar-refractivity contribution in [2.24, 2.45) is 5.92 Å². The molecule has 0 bridgehead atoms. The van der Waals surface area contributed by atoms with Gasteiger partial charge in [0, 0.05) is 5.54 Å². The standard InChI is InChI=1S/C16H34N2O/c1-4-10-17-16(3,14-19)9-6-12-18-11-5-7-15(2)8-13-18/h15,17,19H,4-14H2,1-3H3. The van der Waals surface area contributed by atoms with Crippen LogP contribution in [0, 0.1) is 5.92 Å². The van der Waals surface area contributed by atoms with E-state index in [4.69, 9.17) is 0 Å². The first kappa shape index (κ1) is 16.9. The van der Waals surface area contributed by atoms with Crippen LogP contribution in [0.25, 0.3) is 0 Å². The van der Waals surface area contributed by atoms with Gasteiger partial charge in [0.05, 0.1) is 6.61 Å². The van der Waals surface area contributed by atoms with E-state index in [-0.39, 0.29) is 12.1 Å². The first-order chi connectivity index (χ1) is 9.09. The van der Waals surface area contributed by atoms with Crippen LogP contribution in [0.3, 0.4) is 0 Å². The van der Waals surface area contributed by atoms with Gasteiger partial charge in [-0.2, -0.15) is 0 Å². The Bertz CT molecular complexity index is 235. The van der Waals surface area contributed by atoms with Crippen molar-refractivity contribution < 1.29 is 5.11 Å².